The van der Waals surface area contributed by atoms with Gasteiger partial charge in [0.15, 0.2) is 0 Å². The minimum Gasteiger partial charge on any atom is -0.236 e. The quantitative estimate of drug-likeness (QED) is 0.521. The first kappa shape index (κ1) is 7.92. The topological polar surface area (TPSA) is 39.8 Å². The zero-order valence-electron chi connectivity index (χ0n) is 5.60. The highest BCUT2D eigenvalue weighted by Crippen LogP contribution is 2.18. The molecule has 0 spiro atoms. The molecule has 2 radical (unpaired) electrons. The predicted octanol–water partition coefficient (Wildman–Crippen LogP) is 1.26. The van der Waals surface area contributed by atoms with Crippen LogP contribution < -0.4 is 0 Å². The third-order valence-electron chi connectivity index (χ3n) is 1.47. The molecule has 0 aromatic carbocycles. The van der Waals surface area contributed by atoms with Gasteiger partial charge in [-0.2, -0.15) is 0 Å². The van der Waals surface area contributed by atoms with Gasteiger partial charge in [-0.25, -0.2) is 10.2 Å². The minimum absolute atomic E-state index is 0.280. The molecule has 1 atom stereocenters. The van der Waals surface area contributed by atoms with Crippen molar-refractivity contribution < 1.29 is 10.2 Å². The summed E-state index contributed by atoms with van der Waals surface area (Å²) >= 11 is 0. The first-order valence-electron chi connectivity index (χ1n) is 2.74. The van der Waals surface area contributed by atoms with Crippen molar-refractivity contribution in [1.29, 1.82) is 0 Å². The van der Waals surface area contributed by atoms with Crippen molar-refractivity contribution in [2.45, 2.75) is 26.9 Å². The summed E-state index contributed by atoms with van der Waals surface area (Å²) < 4.78 is 0. The average Bonchev–Trinajstić information content (AvgIpc) is 1.67. The molecule has 0 aromatic rings. The van der Waals surface area contributed by atoms with Crippen LogP contribution >= 0.6 is 0 Å². The lowest BCUT2D eigenvalue weighted by Gasteiger charge is -2.21. The average molecular weight is 116 g/mol. The molecule has 1 unspecified atom stereocenters. The van der Waals surface area contributed by atoms with Gasteiger partial charge in [-0.1, -0.05) is 13.8 Å². The molecule has 0 saturated carbocycles. The third-order valence-corrected chi connectivity index (χ3v) is 1.47. The molecule has 0 fully saturated rings. The SMILES string of the molecule is CC([O])C(C)(C)C[O]. The molecule has 0 aliphatic rings. The second-order valence-corrected chi connectivity index (χ2v) is 2.78. The zero-order valence-corrected chi connectivity index (χ0v) is 5.60. The van der Waals surface area contributed by atoms with Gasteiger partial charge in [0, 0.05) is 5.41 Å². The van der Waals surface area contributed by atoms with E-state index in [9.17, 15) is 10.2 Å². The van der Waals surface area contributed by atoms with Crippen LogP contribution in [-0.2, 0) is 10.2 Å². The van der Waals surface area contributed by atoms with E-state index in [0.717, 1.165) is 0 Å². The van der Waals surface area contributed by atoms with Crippen molar-refractivity contribution >= 4 is 0 Å². The molecule has 0 N–H and O–H groups in total. The number of hydrogen-bond acceptors (Lipinski definition) is 0. The Morgan fingerprint density at radius 1 is 1.50 bits per heavy atom. The highest BCUT2D eigenvalue weighted by molar-refractivity contribution is 4.71. The van der Waals surface area contributed by atoms with Crippen LogP contribution in [0.1, 0.15) is 20.8 Å². The standard InChI is InChI=1S/C6H12O2/c1-5(8)6(2,3)4-7/h5H,4H2,1-3H3. The van der Waals surface area contributed by atoms with Gasteiger partial charge in [0.25, 0.3) is 0 Å². The Kier molecular flexibility index (Phi) is 2.44. The Hall–Kier alpha value is -0.0800. The van der Waals surface area contributed by atoms with Gasteiger partial charge in [-0.15, -0.1) is 0 Å². The molecule has 0 heterocycles. The molecular formula is C6H12O2. The van der Waals surface area contributed by atoms with Gasteiger partial charge in [0.2, 0.25) is 0 Å². The normalized spacial score (nSPS) is 16.1. The fraction of sp³-hybridized carbons (Fsp3) is 1.00. The van der Waals surface area contributed by atoms with Crippen LogP contribution in [0, 0.1) is 5.41 Å². The monoisotopic (exact) mass is 116 g/mol. The van der Waals surface area contributed by atoms with E-state index in [4.69, 9.17) is 0 Å². The van der Waals surface area contributed by atoms with Gasteiger partial charge in [-0.3, -0.25) is 0 Å². The van der Waals surface area contributed by atoms with Gasteiger partial charge in [0.1, 0.15) is 0 Å². The molecule has 0 bridgehead atoms. The summed E-state index contributed by atoms with van der Waals surface area (Å²) in [7, 11) is 0. The highest BCUT2D eigenvalue weighted by atomic mass is 16.3. The Balaban J connectivity index is 3.71. The van der Waals surface area contributed by atoms with Crippen molar-refractivity contribution in [3.8, 4) is 0 Å². The lowest BCUT2D eigenvalue weighted by atomic mass is 9.89. The van der Waals surface area contributed by atoms with Crippen molar-refractivity contribution in [3.05, 3.63) is 0 Å². The van der Waals surface area contributed by atoms with Crippen molar-refractivity contribution in [2.24, 2.45) is 5.41 Å². The second-order valence-electron chi connectivity index (χ2n) is 2.78. The zero-order chi connectivity index (χ0) is 6.78. The van der Waals surface area contributed by atoms with Crippen LogP contribution in [0.4, 0.5) is 0 Å². The maximum absolute atomic E-state index is 10.6. The Labute approximate surface area is 50.2 Å². The molecule has 48 valence electrons. The van der Waals surface area contributed by atoms with E-state index in [-0.39, 0.29) is 6.61 Å². The Morgan fingerprint density at radius 2 is 1.88 bits per heavy atom. The first-order valence-corrected chi connectivity index (χ1v) is 2.74. The molecule has 0 aliphatic carbocycles. The van der Waals surface area contributed by atoms with Crippen LogP contribution in [0.15, 0.2) is 0 Å². The van der Waals surface area contributed by atoms with Crippen LogP contribution in [-0.4, -0.2) is 12.7 Å². The van der Waals surface area contributed by atoms with Gasteiger partial charge in [0.05, 0.1) is 12.7 Å². The summed E-state index contributed by atoms with van der Waals surface area (Å²) in [5, 5.41) is 20.8. The number of rotatable bonds is 2. The van der Waals surface area contributed by atoms with Crippen molar-refractivity contribution in [3.63, 3.8) is 0 Å². The molecule has 0 aromatic heterocycles. The van der Waals surface area contributed by atoms with E-state index >= 15 is 0 Å². The number of hydrogen-bond donors (Lipinski definition) is 0. The van der Waals surface area contributed by atoms with E-state index in [1.807, 2.05) is 0 Å². The lowest BCUT2D eigenvalue weighted by Crippen LogP contribution is -2.28. The smallest absolute Gasteiger partial charge is 0.0975 e. The largest absolute Gasteiger partial charge is 0.236 e. The molecule has 2 nitrogen and oxygen atoms in total. The highest BCUT2D eigenvalue weighted by Gasteiger charge is 2.24. The summed E-state index contributed by atoms with van der Waals surface area (Å²) in [4.78, 5) is 0. The predicted molar refractivity (Wildman–Crippen MR) is 29.5 cm³/mol. The second kappa shape index (κ2) is 2.46. The van der Waals surface area contributed by atoms with Crippen LogP contribution in [0.3, 0.4) is 0 Å². The van der Waals surface area contributed by atoms with Gasteiger partial charge in [-0.05, 0) is 6.92 Å². The van der Waals surface area contributed by atoms with Crippen LogP contribution in [0.5, 0.6) is 0 Å². The molecule has 0 aliphatic heterocycles. The molecule has 2 heteroatoms. The Bertz CT molecular complexity index is 66.9. The first-order chi connectivity index (χ1) is 3.50. The Morgan fingerprint density at radius 3 is 1.88 bits per heavy atom. The van der Waals surface area contributed by atoms with Crippen LogP contribution in [0.2, 0.25) is 0 Å². The molecule has 0 amide bonds. The van der Waals surface area contributed by atoms with E-state index in [1.165, 1.54) is 6.92 Å². The molecular weight excluding hydrogens is 104 g/mol. The third kappa shape index (κ3) is 1.80. The molecule has 0 saturated heterocycles. The maximum atomic E-state index is 10.6. The maximum Gasteiger partial charge on any atom is 0.0975 e. The van der Waals surface area contributed by atoms with E-state index in [0.29, 0.717) is 0 Å². The molecule has 0 rings (SSSR count). The summed E-state index contributed by atoms with van der Waals surface area (Å²) in [5.41, 5.74) is -0.569. The molecule has 8 heavy (non-hydrogen) atoms. The summed E-state index contributed by atoms with van der Waals surface area (Å²) in [6, 6.07) is 0. The van der Waals surface area contributed by atoms with Crippen LogP contribution in [0.25, 0.3) is 0 Å². The van der Waals surface area contributed by atoms with Gasteiger partial charge < -0.3 is 0 Å². The fourth-order valence-electron chi connectivity index (χ4n) is 0.117. The summed E-state index contributed by atoms with van der Waals surface area (Å²) in [5.74, 6) is 0. The summed E-state index contributed by atoms with van der Waals surface area (Å²) in [6.07, 6.45) is -0.750. The van der Waals surface area contributed by atoms with E-state index in [2.05, 4.69) is 0 Å². The van der Waals surface area contributed by atoms with Gasteiger partial charge >= 0.3 is 0 Å². The van der Waals surface area contributed by atoms with E-state index < -0.39 is 11.5 Å². The minimum atomic E-state index is -0.750. The fourth-order valence-corrected chi connectivity index (χ4v) is 0.117. The van der Waals surface area contributed by atoms with Crippen molar-refractivity contribution in [2.75, 3.05) is 6.61 Å². The lowest BCUT2D eigenvalue weighted by molar-refractivity contribution is -0.0422. The summed E-state index contributed by atoms with van der Waals surface area (Å²) in [6.45, 7) is 4.63. The van der Waals surface area contributed by atoms with Crippen molar-refractivity contribution in [1.82, 2.24) is 0 Å². The van der Waals surface area contributed by atoms with E-state index in [1.54, 1.807) is 13.8 Å².